The SMILES string of the molecule is OCc1cc(C2CCCCN2)n[nH]1. The van der Waals surface area contributed by atoms with Crippen LogP contribution in [-0.2, 0) is 6.61 Å². The molecule has 2 heterocycles. The molecule has 1 aromatic heterocycles. The van der Waals surface area contributed by atoms with Gasteiger partial charge in [-0.2, -0.15) is 5.10 Å². The number of aromatic amines is 1. The summed E-state index contributed by atoms with van der Waals surface area (Å²) in [6.45, 7) is 1.12. The number of nitrogens with one attached hydrogen (secondary N) is 2. The van der Waals surface area contributed by atoms with Gasteiger partial charge in [-0.3, -0.25) is 5.10 Å². The molecule has 0 aromatic carbocycles. The lowest BCUT2D eigenvalue weighted by Crippen LogP contribution is -2.26. The Labute approximate surface area is 77.4 Å². The summed E-state index contributed by atoms with van der Waals surface area (Å²) in [5.74, 6) is 0. The second-order valence-corrected chi connectivity index (χ2v) is 3.48. The molecule has 1 atom stereocenters. The van der Waals surface area contributed by atoms with Gasteiger partial charge in [-0.05, 0) is 25.5 Å². The van der Waals surface area contributed by atoms with Crippen molar-refractivity contribution in [2.24, 2.45) is 0 Å². The molecule has 72 valence electrons. The van der Waals surface area contributed by atoms with Gasteiger partial charge in [0.1, 0.15) is 0 Å². The fourth-order valence-corrected chi connectivity index (χ4v) is 1.74. The number of nitrogens with zero attached hydrogens (tertiary/aromatic N) is 1. The molecule has 0 bridgehead atoms. The van der Waals surface area contributed by atoms with Crippen molar-refractivity contribution in [1.82, 2.24) is 15.5 Å². The van der Waals surface area contributed by atoms with Crippen LogP contribution in [0.4, 0.5) is 0 Å². The van der Waals surface area contributed by atoms with E-state index in [0.29, 0.717) is 6.04 Å². The van der Waals surface area contributed by atoms with Crippen LogP contribution in [0.15, 0.2) is 6.07 Å². The van der Waals surface area contributed by atoms with E-state index in [0.717, 1.165) is 24.4 Å². The average molecular weight is 181 g/mol. The van der Waals surface area contributed by atoms with Crippen molar-refractivity contribution in [2.45, 2.75) is 31.9 Å². The molecule has 1 saturated heterocycles. The summed E-state index contributed by atoms with van der Waals surface area (Å²) in [6.07, 6.45) is 3.67. The topological polar surface area (TPSA) is 60.9 Å². The molecule has 0 saturated carbocycles. The Morgan fingerprint density at radius 3 is 3.08 bits per heavy atom. The number of H-pyrrole nitrogens is 1. The Kier molecular flexibility index (Phi) is 2.61. The number of hydrogen-bond donors (Lipinski definition) is 3. The maximum Gasteiger partial charge on any atom is 0.0847 e. The summed E-state index contributed by atoms with van der Waals surface area (Å²) in [5, 5.41) is 19.2. The number of aliphatic hydroxyl groups excluding tert-OH is 1. The molecule has 13 heavy (non-hydrogen) atoms. The normalized spacial score (nSPS) is 23.3. The molecule has 1 unspecified atom stereocenters. The smallest absolute Gasteiger partial charge is 0.0847 e. The van der Waals surface area contributed by atoms with E-state index in [1.807, 2.05) is 6.07 Å². The standard InChI is InChI=1S/C9H15N3O/c13-6-7-5-9(12-11-7)8-3-1-2-4-10-8/h5,8,10,13H,1-4,6H2,(H,11,12). The highest BCUT2D eigenvalue weighted by molar-refractivity contribution is 5.12. The van der Waals surface area contributed by atoms with Crippen molar-refractivity contribution in [2.75, 3.05) is 6.54 Å². The third-order valence-corrected chi connectivity index (χ3v) is 2.49. The fraction of sp³-hybridized carbons (Fsp3) is 0.667. The summed E-state index contributed by atoms with van der Waals surface area (Å²) < 4.78 is 0. The molecule has 1 aliphatic heterocycles. The Bertz CT molecular complexity index is 266. The maximum atomic E-state index is 8.86. The minimum Gasteiger partial charge on any atom is -0.390 e. The number of aromatic nitrogens is 2. The predicted octanol–water partition coefficient (Wildman–Crippen LogP) is 0.717. The molecule has 1 aliphatic rings. The van der Waals surface area contributed by atoms with E-state index < -0.39 is 0 Å². The molecule has 0 radical (unpaired) electrons. The van der Waals surface area contributed by atoms with Crippen LogP contribution in [0.25, 0.3) is 0 Å². The molecule has 4 heteroatoms. The molecule has 0 amide bonds. The quantitative estimate of drug-likeness (QED) is 0.630. The van der Waals surface area contributed by atoms with E-state index in [2.05, 4.69) is 15.5 Å². The molecule has 2 rings (SSSR count). The monoisotopic (exact) mass is 181 g/mol. The first-order valence-corrected chi connectivity index (χ1v) is 4.78. The van der Waals surface area contributed by atoms with Crippen molar-refractivity contribution < 1.29 is 5.11 Å². The van der Waals surface area contributed by atoms with Crippen LogP contribution in [0, 0.1) is 0 Å². The van der Waals surface area contributed by atoms with Gasteiger partial charge >= 0.3 is 0 Å². The third kappa shape index (κ3) is 1.89. The summed E-state index contributed by atoms with van der Waals surface area (Å²) in [5.41, 5.74) is 1.83. The number of rotatable bonds is 2. The van der Waals surface area contributed by atoms with Crippen molar-refractivity contribution >= 4 is 0 Å². The van der Waals surface area contributed by atoms with Gasteiger partial charge in [0.2, 0.25) is 0 Å². The van der Waals surface area contributed by atoms with Crippen molar-refractivity contribution in [3.63, 3.8) is 0 Å². The Morgan fingerprint density at radius 2 is 2.46 bits per heavy atom. The minimum atomic E-state index is 0.0414. The van der Waals surface area contributed by atoms with Crippen LogP contribution in [0.5, 0.6) is 0 Å². The van der Waals surface area contributed by atoms with Crippen LogP contribution in [-0.4, -0.2) is 21.8 Å². The van der Waals surface area contributed by atoms with Gasteiger partial charge in [0.05, 0.1) is 24.0 Å². The second kappa shape index (κ2) is 3.89. The van der Waals surface area contributed by atoms with Crippen LogP contribution in [0.1, 0.15) is 36.7 Å². The van der Waals surface area contributed by atoms with Gasteiger partial charge < -0.3 is 10.4 Å². The summed E-state index contributed by atoms with van der Waals surface area (Å²) in [4.78, 5) is 0. The third-order valence-electron chi connectivity index (χ3n) is 2.49. The predicted molar refractivity (Wildman–Crippen MR) is 49.1 cm³/mol. The Balaban J connectivity index is 2.05. The Morgan fingerprint density at radius 1 is 1.54 bits per heavy atom. The van der Waals surface area contributed by atoms with Crippen molar-refractivity contribution in [1.29, 1.82) is 0 Å². The van der Waals surface area contributed by atoms with Crippen molar-refractivity contribution in [3.05, 3.63) is 17.5 Å². The van der Waals surface area contributed by atoms with Gasteiger partial charge in [0.15, 0.2) is 0 Å². The number of hydrogen-bond acceptors (Lipinski definition) is 3. The lowest BCUT2D eigenvalue weighted by molar-refractivity contribution is 0.276. The van der Waals surface area contributed by atoms with E-state index in [1.54, 1.807) is 0 Å². The first-order valence-electron chi connectivity index (χ1n) is 4.78. The molecule has 1 fully saturated rings. The lowest BCUT2D eigenvalue weighted by atomic mass is 10.0. The van der Waals surface area contributed by atoms with Gasteiger partial charge in [-0.1, -0.05) is 6.42 Å². The fourth-order valence-electron chi connectivity index (χ4n) is 1.74. The van der Waals surface area contributed by atoms with Crippen LogP contribution >= 0.6 is 0 Å². The summed E-state index contributed by atoms with van der Waals surface area (Å²) >= 11 is 0. The lowest BCUT2D eigenvalue weighted by Gasteiger charge is -2.21. The van der Waals surface area contributed by atoms with E-state index >= 15 is 0 Å². The summed E-state index contributed by atoms with van der Waals surface area (Å²) in [6, 6.07) is 2.31. The molecular formula is C9H15N3O. The highest BCUT2D eigenvalue weighted by Gasteiger charge is 2.16. The van der Waals surface area contributed by atoms with Crippen molar-refractivity contribution in [3.8, 4) is 0 Å². The maximum absolute atomic E-state index is 8.86. The zero-order valence-corrected chi connectivity index (χ0v) is 7.58. The van der Waals surface area contributed by atoms with Gasteiger partial charge in [0, 0.05) is 0 Å². The average Bonchev–Trinajstić information content (AvgIpc) is 2.67. The van der Waals surface area contributed by atoms with Crippen LogP contribution < -0.4 is 5.32 Å². The molecule has 0 aliphatic carbocycles. The largest absolute Gasteiger partial charge is 0.390 e. The number of piperidine rings is 1. The molecule has 0 spiro atoms. The highest BCUT2D eigenvalue weighted by Crippen LogP contribution is 2.21. The van der Waals surface area contributed by atoms with E-state index in [1.165, 1.54) is 12.8 Å². The van der Waals surface area contributed by atoms with Gasteiger partial charge in [-0.25, -0.2) is 0 Å². The first-order chi connectivity index (χ1) is 6.40. The van der Waals surface area contributed by atoms with Crippen LogP contribution in [0.2, 0.25) is 0 Å². The highest BCUT2D eigenvalue weighted by atomic mass is 16.3. The first kappa shape index (κ1) is 8.72. The Hall–Kier alpha value is -0.870. The van der Waals surface area contributed by atoms with E-state index in [9.17, 15) is 0 Å². The minimum absolute atomic E-state index is 0.0414. The molecule has 1 aromatic rings. The molecular weight excluding hydrogens is 166 g/mol. The zero-order chi connectivity index (χ0) is 9.10. The zero-order valence-electron chi connectivity index (χ0n) is 7.58. The van der Waals surface area contributed by atoms with Gasteiger partial charge in [-0.15, -0.1) is 0 Å². The molecule has 4 nitrogen and oxygen atoms in total. The molecule has 3 N–H and O–H groups in total. The van der Waals surface area contributed by atoms with E-state index in [4.69, 9.17) is 5.11 Å². The number of aliphatic hydroxyl groups is 1. The van der Waals surface area contributed by atoms with Gasteiger partial charge in [0.25, 0.3) is 0 Å². The summed E-state index contributed by atoms with van der Waals surface area (Å²) in [7, 11) is 0. The van der Waals surface area contributed by atoms with E-state index in [-0.39, 0.29) is 6.61 Å². The second-order valence-electron chi connectivity index (χ2n) is 3.48. The van der Waals surface area contributed by atoms with Crippen LogP contribution in [0.3, 0.4) is 0 Å².